The van der Waals surface area contributed by atoms with Crippen molar-refractivity contribution in [2.24, 2.45) is 5.92 Å². The van der Waals surface area contributed by atoms with E-state index in [9.17, 15) is 4.79 Å². The maximum atomic E-state index is 11.7. The first-order valence-electron chi connectivity index (χ1n) is 6.05. The van der Waals surface area contributed by atoms with Crippen molar-refractivity contribution in [1.82, 2.24) is 10.2 Å². The highest BCUT2D eigenvalue weighted by molar-refractivity contribution is 5.78. The number of nitrogens with one attached hydrogen (secondary N) is 1. The quantitative estimate of drug-likeness (QED) is 0.726. The molecule has 1 rings (SSSR count). The van der Waals surface area contributed by atoms with E-state index >= 15 is 0 Å². The van der Waals surface area contributed by atoms with Crippen LogP contribution in [0.25, 0.3) is 0 Å². The molecule has 3 heteroatoms. The molecule has 0 aromatic carbocycles. The Morgan fingerprint density at radius 2 is 2.19 bits per heavy atom. The van der Waals surface area contributed by atoms with Crippen LogP contribution in [-0.4, -0.2) is 37.0 Å². The lowest BCUT2D eigenvalue weighted by Crippen LogP contribution is -2.45. The fourth-order valence-electron chi connectivity index (χ4n) is 2.24. The zero-order chi connectivity index (χ0) is 12.0. The Labute approximate surface area is 98.6 Å². The number of rotatable bonds is 4. The largest absolute Gasteiger partial charge is 0.352 e. The van der Waals surface area contributed by atoms with E-state index in [2.05, 4.69) is 18.2 Å². The molecule has 0 aliphatic heterocycles. The van der Waals surface area contributed by atoms with E-state index in [0.29, 0.717) is 25.0 Å². The summed E-state index contributed by atoms with van der Waals surface area (Å²) in [6.45, 7) is 3.14. The van der Waals surface area contributed by atoms with E-state index in [4.69, 9.17) is 6.42 Å². The van der Waals surface area contributed by atoms with Crippen LogP contribution in [0, 0.1) is 18.3 Å². The van der Waals surface area contributed by atoms with Gasteiger partial charge >= 0.3 is 0 Å². The van der Waals surface area contributed by atoms with E-state index in [0.717, 1.165) is 6.42 Å². The number of hydrogen-bond donors (Lipinski definition) is 1. The van der Waals surface area contributed by atoms with Crippen molar-refractivity contribution in [1.29, 1.82) is 0 Å². The number of carbonyl (C=O) groups excluding carboxylic acids is 1. The van der Waals surface area contributed by atoms with Gasteiger partial charge < -0.3 is 5.32 Å². The Morgan fingerprint density at radius 1 is 1.50 bits per heavy atom. The number of carbonyl (C=O) groups is 1. The Bertz CT molecular complexity index is 270. The van der Waals surface area contributed by atoms with Gasteiger partial charge in [0.1, 0.15) is 0 Å². The lowest BCUT2D eigenvalue weighted by atomic mass is 9.86. The van der Waals surface area contributed by atoms with Crippen molar-refractivity contribution in [3.63, 3.8) is 0 Å². The predicted molar refractivity (Wildman–Crippen MR) is 65.9 cm³/mol. The van der Waals surface area contributed by atoms with Gasteiger partial charge in [0, 0.05) is 6.04 Å². The third-order valence-corrected chi connectivity index (χ3v) is 3.23. The van der Waals surface area contributed by atoms with Gasteiger partial charge in [0.2, 0.25) is 5.91 Å². The van der Waals surface area contributed by atoms with Gasteiger partial charge in [-0.1, -0.05) is 25.7 Å². The Morgan fingerprint density at radius 3 is 2.81 bits per heavy atom. The molecule has 1 aliphatic rings. The maximum Gasteiger partial charge on any atom is 0.234 e. The van der Waals surface area contributed by atoms with E-state index < -0.39 is 0 Å². The van der Waals surface area contributed by atoms with Gasteiger partial charge in [-0.2, -0.15) is 0 Å². The van der Waals surface area contributed by atoms with Gasteiger partial charge in [-0.05, 0) is 25.8 Å². The van der Waals surface area contributed by atoms with Crippen LogP contribution in [0.1, 0.15) is 32.6 Å². The van der Waals surface area contributed by atoms with Crippen molar-refractivity contribution < 1.29 is 4.79 Å². The average molecular weight is 222 g/mol. The zero-order valence-corrected chi connectivity index (χ0v) is 10.3. The molecule has 0 aromatic heterocycles. The fourth-order valence-corrected chi connectivity index (χ4v) is 2.24. The van der Waals surface area contributed by atoms with Gasteiger partial charge in [0.25, 0.3) is 0 Å². The van der Waals surface area contributed by atoms with E-state index in [-0.39, 0.29) is 5.91 Å². The summed E-state index contributed by atoms with van der Waals surface area (Å²) in [5, 5.41) is 3.11. The van der Waals surface area contributed by atoms with Gasteiger partial charge in [0.05, 0.1) is 13.1 Å². The standard InChI is InChI=1S/C13H22N2O/c1-4-9-15(3)10-13(16)14-12-8-6-5-7-11(12)2/h1,11-12H,5-10H2,2-3H3,(H,14,16)/t11-,12-/m1/s1. The molecule has 0 aromatic rings. The Balaban J connectivity index is 2.30. The number of nitrogens with zero attached hydrogens (tertiary/aromatic N) is 1. The molecule has 1 N–H and O–H groups in total. The van der Waals surface area contributed by atoms with Crippen molar-refractivity contribution in [2.45, 2.75) is 38.6 Å². The summed E-state index contributed by atoms with van der Waals surface area (Å²) in [5.74, 6) is 3.23. The number of amides is 1. The molecule has 1 saturated carbocycles. The molecule has 1 fully saturated rings. The summed E-state index contributed by atoms with van der Waals surface area (Å²) < 4.78 is 0. The lowest BCUT2D eigenvalue weighted by molar-refractivity contribution is -0.123. The topological polar surface area (TPSA) is 32.3 Å². The van der Waals surface area contributed by atoms with Crippen molar-refractivity contribution in [3.05, 3.63) is 0 Å². The summed E-state index contributed by atoms with van der Waals surface area (Å²) in [6, 6.07) is 0.362. The first-order chi connectivity index (χ1) is 7.63. The second-order valence-electron chi connectivity index (χ2n) is 4.81. The van der Waals surface area contributed by atoms with Crippen LogP contribution in [-0.2, 0) is 4.79 Å². The number of likely N-dealkylation sites (N-methyl/N-ethyl adjacent to an activating group) is 1. The molecular weight excluding hydrogens is 200 g/mol. The summed E-state index contributed by atoms with van der Waals surface area (Å²) in [5.41, 5.74) is 0. The molecule has 0 saturated heterocycles. The van der Waals surface area contributed by atoms with Gasteiger partial charge in [-0.25, -0.2) is 0 Å². The SMILES string of the molecule is C#CCN(C)CC(=O)N[C@@H]1CCCC[C@H]1C. The second kappa shape index (κ2) is 6.55. The summed E-state index contributed by atoms with van der Waals surface area (Å²) >= 11 is 0. The lowest BCUT2D eigenvalue weighted by Gasteiger charge is -2.30. The van der Waals surface area contributed by atoms with Crippen molar-refractivity contribution >= 4 is 5.91 Å². The number of terminal acetylenes is 1. The molecule has 1 amide bonds. The van der Waals surface area contributed by atoms with Gasteiger partial charge in [-0.3, -0.25) is 9.69 Å². The molecule has 3 nitrogen and oxygen atoms in total. The minimum Gasteiger partial charge on any atom is -0.352 e. The number of hydrogen-bond acceptors (Lipinski definition) is 2. The second-order valence-corrected chi connectivity index (χ2v) is 4.81. The molecule has 0 heterocycles. The first-order valence-corrected chi connectivity index (χ1v) is 6.05. The Kier molecular flexibility index (Phi) is 5.34. The van der Waals surface area contributed by atoms with E-state index in [1.165, 1.54) is 19.3 Å². The molecule has 16 heavy (non-hydrogen) atoms. The van der Waals surface area contributed by atoms with Gasteiger partial charge in [0.15, 0.2) is 0 Å². The van der Waals surface area contributed by atoms with Crippen LogP contribution in [0.2, 0.25) is 0 Å². The molecule has 0 radical (unpaired) electrons. The first kappa shape index (κ1) is 13.1. The minimum atomic E-state index is 0.0940. The summed E-state index contributed by atoms with van der Waals surface area (Å²) in [4.78, 5) is 13.6. The van der Waals surface area contributed by atoms with Crippen molar-refractivity contribution in [3.8, 4) is 12.3 Å². The normalized spacial score (nSPS) is 25.1. The smallest absolute Gasteiger partial charge is 0.234 e. The third kappa shape index (κ3) is 4.24. The zero-order valence-electron chi connectivity index (χ0n) is 10.3. The maximum absolute atomic E-state index is 11.7. The third-order valence-electron chi connectivity index (χ3n) is 3.23. The molecule has 0 spiro atoms. The highest BCUT2D eigenvalue weighted by atomic mass is 16.2. The van der Waals surface area contributed by atoms with Crippen LogP contribution in [0.15, 0.2) is 0 Å². The molecule has 0 unspecified atom stereocenters. The van der Waals surface area contributed by atoms with E-state index in [1.807, 2.05) is 11.9 Å². The van der Waals surface area contributed by atoms with Crippen LogP contribution >= 0.6 is 0 Å². The van der Waals surface area contributed by atoms with Gasteiger partial charge in [-0.15, -0.1) is 6.42 Å². The van der Waals surface area contributed by atoms with Crippen LogP contribution < -0.4 is 5.32 Å². The molecule has 1 aliphatic carbocycles. The van der Waals surface area contributed by atoms with Crippen LogP contribution in [0.4, 0.5) is 0 Å². The monoisotopic (exact) mass is 222 g/mol. The highest BCUT2D eigenvalue weighted by Gasteiger charge is 2.22. The Hall–Kier alpha value is -1.01. The molecule has 90 valence electrons. The minimum absolute atomic E-state index is 0.0940. The molecule has 0 bridgehead atoms. The molecular formula is C13H22N2O. The predicted octanol–water partition coefficient (Wildman–Crippen LogP) is 1.25. The average Bonchev–Trinajstić information content (AvgIpc) is 2.21. The summed E-state index contributed by atoms with van der Waals surface area (Å²) in [7, 11) is 1.86. The fraction of sp³-hybridized carbons (Fsp3) is 0.769. The van der Waals surface area contributed by atoms with Crippen LogP contribution in [0.3, 0.4) is 0 Å². The highest BCUT2D eigenvalue weighted by Crippen LogP contribution is 2.23. The van der Waals surface area contributed by atoms with Crippen molar-refractivity contribution in [2.75, 3.05) is 20.1 Å². The van der Waals surface area contributed by atoms with Crippen LogP contribution in [0.5, 0.6) is 0 Å². The molecule has 2 atom stereocenters. The van der Waals surface area contributed by atoms with E-state index in [1.54, 1.807) is 0 Å². The summed E-state index contributed by atoms with van der Waals surface area (Å²) in [6.07, 6.45) is 10.1.